The molecule has 2 fully saturated rings. The van der Waals surface area contributed by atoms with Crippen LogP contribution >= 0.6 is 0 Å². The number of carbonyl (C=O) groups is 11. The van der Waals surface area contributed by atoms with Crippen LogP contribution in [0.5, 0.6) is 11.5 Å². The number of carbonyl (C=O) groups excluding carboxylic acids is 11. The van der Waals surface area contributed by atoms with E-state index < -0.39 is 139 Å². The highest BCUT2D eigenvalue weighted by molar-refractivity contribution is 6.00. The van der Waals surface area contributed by atoms with E-state index in [4.69, 9.17) is 10.5 Å². The fourth-order valence-electron chi connectivity index (χ4n) is 11.6. The number of H-pyrrole nitrogens is 3. The van der Waals surface area contributed by atoms with E-state index in [0.717, 1.165) is 0 Å². The topological polar surface area (TPSA) is 455 Å². The maximum atomic E-state index is 15.1. The Morgan fingerprint density at radius 2 is 1.07 bits per heavy atom. The number of aromatic amines is 3. The van der Waals surface area contributed by atoms with Crippen LogP contribution in [-0.4, -0.2) is 191 Å². The molecule has 30 heteroatoms. The van der Waals surface area contributed by atoms with E-state index in [-0.39, 0.29) is 75.3 Å². The molecule has 98 heavy (non-hydrogen) atoms. The van der Waals surface area contributed by atoms with Crippen LogP contribution in [-0.2, 0) is 89.6 Å². The van der Waals surface area contributed by atoms with Crippen LogP contribution in [0.2, 0.25) is 0 Å². The number of para-hydroxylation sites is 2. The number of primary amides is 1. The van der Waals surface area contributed by atoms with E-state index in [0.29, 0.717) is 56.2 Å². The lowest BCUT2D eigenvalue weighted by Crippen LogP contribution is -2.62. The maximum Gasteiger partial charge on any atom is 0.246 e. The molecule has 0 unspecified atom stereocenters. The van der Waals surface area contributed by atoms with Crippen molar-refractivity contribution in [3.63, 3.8) is 0 Å². The second kappa shape index (κ2) is 32.5. The number of likely N-dealkylation sites (tertiary alicyclic amines) is 1. The van der Waals surface area contributed by atoms with Gasteiger partial charge in [0.25, 0.3) is 0 Å². The molecule has 5 heterocycles. The Kier molecular flexibility index (Phi) is 23.6. The van der Waals surface area contributed by atoms with Gasteiger partial charge in [-0.3, -0.25) is 52.7 Å². The molecule has 2 saturated heterocycles. The molecular formula is C68H81N15O15. The van der Waals surface area contributed by atoms with Gasteiger partial charge in [0, 0.05) is 85.5 Å². The first-order chi connectivity index (χ1) is 46.9. The predicted octanol–water partition coefficient (Wildman–Crippen LogP) is -0.631. The first kappa shape index (κ1) is 71.2. The molecule has 30 nitrogen and oxygen atoms in total. The van der Waals surface area contributed by atoms with Gasteiger partial charge in [-0.05, 0) is 98.7 Å². The largest absolute Gasteiger partial charge is 0.508 e. The van der Waals surface area contributed by atoms with Crippen LogP contribution in [0.1, 0.15) is 74.4 Å². The maximum absolute atomic E-state index is 15.1. The number of hydrogen-bond acceptors (Lipinski definition) is 16. The van der Waals surface area contributed by atoms with Crippen LogP contribution < -0.4 is 53.6 Å². The van der Waals surface area contributed by atoms with Crippen molar-refractivity contribution in [2.24, 2.45) is 5.73 Å². The number of aliphatic hydroxyl groups excluding tert-OH is 1. The van der Waals surface area contributed by atoms with E-state index in [1.807, 2.05) is 0 Å². The van der Waals surface area contributed by atoms with Gasteiger partial charge in [0.15, 0.2) is 0 Å². The summed E-state index contributed by atoms with van der Waals surface area (Å²) in [5.41, 5.74) is 8.11. The highest BCUT2D eigenvalue weighted by Crippen LogP contribution is 2.24. The highest BCUT2D eigenvalue weighted by Gasteiger charge is 2.41. The lowest BCUT2D eigenvalue weighted by Gasteiger charge is -2.31. The molecule has 11 amide bonds. The lowest BCUT2D eigenvalue weighted by atomic mass is 10.0. The number of ether oxygens (including phenoxy) is 1. The minimum Gasteiger partial charge on any atom is -0.508 e. The first-order valence-electron chi connectivity index (χ1n) is 32.0. The van der Waals surface area contributed by atoms with Crippen molar-refractivity contribution < 1.29 is 72.8 Å². The molecule has 17 N–H and O–H groups in total. The van der Waals surface area contributed by atoms with E-state index >= 15 is 14.4 Å². The summed E-state index contributed by atoms with van der Waals surface area (Å²) in [5, 5.41) is 56.5. The first-order valence-corrected chi connectivity index (χ1v) is 32.0. The van der Waals surface area contributed by atoms with Gasteiger partial charge in [-0.15, -0.1) is 0 Å². The summed E-state index contributed by atoms with van der Waals surface area (Å²) in [6.07, 6.45) is 6.06. The normalized spacial score (nSPS) is 16.7. The van der Waals surface area contributed by atoms with Gasteiger partial charge >= 0.3 is 0 Å². The number of aliphatic hydroxyl groups is 1. The van der Waals surface area contributed by atoms with Crippen molar-refractivity contribution in [3.8, 4) is 11.5 Å². The number of nitrogens with one attached hydrogen (secondary N) is 12. The van der Waals surface area contributed by atoms with Crippen LogP contribution in [0.3, 0.4) is 0 Å². The quantitative estimate of drug-likeness (QED) is 0.0257. The molecule has 0 bridgehead atoms. The predicted molar refractivity (Wildman–Crippen MR) is 354 cm³/mol. The minimum atomic E-state index is -1.82. The van der Waals surface area contributed by atoms with Gasteiger partial charge in [0.2, 0.25) is 65.0 Å². The molecule has 2 aliphatic heterocycles. The Morgan fingerprint density at radius 1 is 0.592 bits per heavy atom. The average molecular weight is 1350 g/mol. The number of benzene rings is 4. The molecule has 518 valence electrons. The zero-order valence-corrected chi connectivity index (χ0v) is 54.1. The van der Waals surface area contributed by atoms with Gasteiger partial charge in [0.1, 0.15) is 65.9 Å². The van der Waals surface area contributed by atoms with Gasteiger partial charge in [0.05, 0.1) is 37.4 Å². The summed E-state index contributed by atoms with van der Waals surface area (Å²) in [6.45, 7) is 3.13. The molecule has 0 aliphatic carbocycles. The SMILES string of the molecule is CC(C)(C)OC[C@@H](NC(=O)[C@H](Cc1ccc(O)cc1)NC(=O)[C@H](CO)NC(=O)[C@H](Cc1c[nH]c2ccccc12)NC(=O)[C@H](Cc1c[nH]cn1)NC(=O)[C@@H]1CCC(=O)N1)C(=O)N[C@@H](Cc1c[nH]c2ccccc12)C(=O)N[C@@H](Cc1ccc(O)cc1)C(=O)N1CCC[C@H]1C(=O)NCC(N)=O. The number of imidazole rings is 1. The Balaban J connectivity index is 0.979. The third-order valence-corrected chi connectivity index (χ3v) is 16.8. The number of phenols is 2. The summed E-state index contributed by atoms with van der Waals surface area (Å²) in [4.78, 5) is 169. The number of nitrogens with two attached hydrogens (primary N) is 1. The third kappa shape index (κ3) is 19.3. The van der Waals surface area contributed by atoms with Crippen LogP contribution in [0, 0.1) is 0 Å². The number of nitrogens with zero attached hydrogens (tertiary/aromatic N) is 2. The molecule has 9 atom stereocenters. The van der Waals surface area contributed by atoms with Gasteiger partial charge in [-0.25, -0.2) is 4.98 Å². The third-order valence-electron chi connectivity index (χ3n) is 16.8. The van der Waals surface area contributed by atoms with Crippen molar-refractivity contribution in [1.29, 1.82) is 0 Å². The van der Waals surface area contributed by atoms with E-state index in [1.54, 1.807) is 93.8 Å². The second-order valence-electron chi connectivity index (χ2n) is 25.2. The van der Waals surface area contributed by atoms with Gasteiger partial charge < -0.3 is 93.5 Å². The van der Waals surface area contributed by atoms with Crippen molar-refractivity contribution in [2.45, 2.75) is 139 Å². The molecule has 0 spiro atoms. The highest BCUT2D eigenvalue weighted by atomic mass is 16.5. The Morgan fingerprint density at radius 3 is 1.57 bits per heavy atom. The smallest absolute Gasteiger partial charge is 0.246 e. The van der Waals surface area contributed by atoms with Crippen LogP contribution in [0.25, 0.3) is 21.8 Å². The number of aromatic nitrogens is 4. The zero-order chi connectivity index (χ0) is 70.2. The Labute approximate surface area is 562 Å². The average Bonchev–Trinajstić information content (AvgIpc) is 1.56. The molecule has 7 aromatic rings. The summed E-state index contributed by atoms with van der Waals surface area (Å²) < 4.78 is 6.12. The van der Waals surface area contributed by atoms with Crippen LogP contribution in [0.4, 0.5) is 0 Å². The Bertz CT molecular complexity index is 4020. The van der Waals surface area contributed by atoms with E-state index in [2.05, 4.69) is 67.8 Å². The fourth-order valence-corrected chi connectivity index (χ4v) is 11.6. The summed E-state index contributed by atoms with van der Waals surface area (Å²) in [6, 6.07) is 13.0. The van der Waals surface area contributed by atoms with Crippen LogP contribution in [0.15, 0.2) is 122 Å². The second-order valence-corrected chi connectivity index (χ2v) is 25.2. The monoisotopic (exact) mass is 1350 g/mol. The number of phenolic OH excluding ortho intramolecular Hbond substituents is 2. The number of amides is 11. The molecule has 9 rings (SSSR count). The van der Waals surface area contributed by atoms with E-state index in [9.17, 15) is 53.7 Å². The summed E-state index contributed by atoms with van der Waals surface area (Å²) in [5.74, 6) is -9.07. The zero-order valence-electron chi connectivity index (χ0n) is 54.1. The molecule has 3 aromatic heterocycles. The minimum absolute atomic E-state index is 0.0692. The molecule has 2 aliphatic rings. The number of hydrogen-bond donors (Lipinski definition) is 16. The summed E-state index contributed by atoms with van der Waals surface area (Å²) in [7, 11) is 0. The standard InChI is InChI=1S/C68H81N15O15/c1-68(2,3)98-35-55(65(95)78-50(27-39-30-71-46-11-6-4-9-44(39)46)61(91)80-53(26-38-16-20-43(86)21-17-38)67(97)83-24-8-13-56(83)66(96)73-33-57(69)87)82-60(90)49(25-37-14-18-42(85)19-15-37)76-64(94)54(34-84)81-62(92)51(28-40-31-72-47-12-7-5-10-45(40)47)77-63(93)52(29-41-32-70-36-74-41)79-59(89)48-22-23-58(88)75-48/h4-7,9-12,14-21,30-32,36,48-56,71-72,84-86H,8,13,22-29,33-35H2,1-3H3,(H2,69,87)(H,70,74)(H,73,96)(H,75,88)(H,76,94)(H,77,93)(H,78,95)(H,79,89)(H,80,91)(H,81,92)(H,82,90)/t48-,49-,50-,51-,52-,53-,54-,55+,56-/m0/s1. The fraction of sp³-hybridized carbons (Fsp3) is 0.382. The van der Waals surface area contributed by atoms with Gasteiger partial charge in [-0.2, -0.15) is 0 Å². The van der Waals surface area contributed by atoms with Crippen molar-refractivity contribution in [2.75, 3.05) is 26.3 Å². The molecule has 0 radical (unpaired) electrons. The summed E-state index contributed by atoms with van der Waals surface area (Å²) >= 11 is 0. The number of fused-ring (bicyclic) bond motifs is 2. The lowest BCUT2D eigenvalue weighted by molar-refractivity contribution is -0.142. The molecular weight excluding hydrogens is 1270 g/mol. The number of aromatic hydroxyl groups is 2. The molecule has 4 aromatic carbocycles. The van der Waals surface area contributed by atoms with E-state index in [1.165, 1.54) is 53.8 Å². The van der Waals surface area contributed by atoms with Crippen molar-refractivity contribution >= 4 is 86.8 Å². The van der Waals surface area contributed by atoms with Gasteiger partial charge in [-0.1, -0.05) is 60.7 Å². The van der Waals surface area contributed by atoms with Crippen molar-refractivity contribution in [3.05, 3.63) is 150 Å². The van der Waals surface area contributed by atoms with Crippen molar-refractivity contribution in [1.82, 2.24) is 72.7 Å². The number of rotatable bonds is 31. The Hall–Kier alpha value is -11.1. The molecule has 0 saturated carbocycles.